The average Bonchev–Trinajstić information content (AvgIpc) is 2.64. The number of carbonyl (C=O) groups excluding carboxylic acids is 2. The average molecular weight is 390 g/mol. The van der Waals surface area contributed by atoms with E-state index in [1.54, 1.807) is 4.90 Å². The summed E-state index contributed by atoms with van der Waals surface area (Å²) in [6.07, 6.45) is 0.964. The molecule has 0 aliphatic heterocycles. The van der Waals surface area contributed by atoms with Crippen molar-refractivity contribution in [1.82, 2.24) is 4.90 Å². The Labute approximate surface area is 167 Å². The van der Waals surface area contributed by atoms with Crippen molar-refractivity contribution in [3.05, 3.63) is 65.7 Å². The van der Waals surface area contributed by atoms with Gasteiger partial charge >= 0.3 is 0 Å². The second-order valence-electron chi connectivity index (χ2n) is 6.40. The minimum absolute atomic E-state index is 0. The summed E-state index contributed by atoms with van der Waals surface area (Å²) in [6, 6.07) is 16.7. The van der Waals surface area contributed by atoms with Crippen LogP contribution in [0, 0.1) is 6.92 Å². The van der Waals surface area contributed by atoms with Crippen LogP contribution >= 0.6 is 12.4 Å². The van der Waals surface area contributed by atoms with E-state index in [4.69, 9.17) is 5.73 Å². The van der Waals surface area contributed by atoms with Crippen LogP contribution in [0.3, 0.4) is 0 Å². The van der Waals surface area contributed by atoms with E-state index in [1.807, 2.05) is 68.4 Å². The van der Waals surface area contributed by atoms with Crippen molar-refractivity contribution in [2.75, 3.05) is 18.4 Å². The Morgan fingerprint density at radius 3 is 2.33 bits per heavy atom. The molecule has 0 saturated carbocycles. The summed E-state index contributed by atoms with van der Waals surface area (Å²) in [7, 11) is 0. The number of para-hydroxylation sites is 1. The van der Waals surface area contributed by atoms with Crippen LogP contribution in [0.2, 0.25) is 0 Å². The summed E-state index contributed by atoms with van der Waals surface area (Å²) in [5.41, 5.74) is 8.83. The minimum Gasteiger partial charge on any atom is -0.333 e. The number of hydrogen-bond donors (Lipinski definition) is 2. The molecular formula is C21H28ClN3O2. The van der Waals surface area contributed by atoms with Gasteiger partial charge in [0, 0.05) is 24.7 Å². The molecule has 0 heterocycles. The Hall–Kier alpha value is -2.37. The van der Waals surface area contributed by atoms with E-state index in [1.165, 1.54) is 0 Å². The summed E-state index contributed by atoms with van der Waals surface area (Å²) < 4.78 is 0. The first-order valence-electron chi connectivity index (χ1n) is 8.95. The second kappa shape index (κ2) is 11.4. The zero-order valence-corrected chi connectivity index (χ0v) is 16.7. The summed E-state index contributed by atoms with van der Waals surface area (Å²) in [5.74, 6) is -0.308. The fourth-order valence-corrected chi connectivity index (χ4v) is 2.77. The third-order valence-corrected chi connectivity index (χ3v) is 4.22. The summed E-state index contributed by atoms with van der Waals surface area (Å²) in [4.78, 5) is 26.6. The van der Waals surface area contributed by atoms with Crippen LogP contribution in [0.4, 0.5) is 5.69 Å². The molecule has 146 valence electrons. The van der Waals surface area contributed by atoms with Crippen molar-refractivity contribution >= 4 is 29.9 Å². The lowest BCUT2D eigenvalue weighted by atomic mass is 10.0. The van der Waals surface area contributed by atoms with Gasteiger partial charge in [-0.3, -0.25) is 9.59 Å². The topological polar surface area (TPSA) is 75.4 Å². The monoisotopic (exact) mass is 389 g/mol. The molecular weight excluding hydrogens is 362 g/mol. The number of anilines is 1. The number of benzene rings is 2. The number of rotatable bonds is 8. The molecule has 0 bridgehead atoms. The molecule has 0 aromatic heterocycles. The largest absolute Gasteiger partial charge is 0.333 e. The lowest BCUT2D eigenvalue weighted by Crippen LogP contribution is -2.39. The molecule has 5 nitrogen and oxygen atoms in total. The van der Waals surface area contributed by atoms with E-state index >= 15 is 0 Å². The maximum Gasteiger partial charge on any atom is 0.244 e. The number of amides is 2. The third kappa shape index (κ3) is 7.04. The predicted octanol–water partition coefficient (Wildman–Crippen LogP) is 3.68. The number of halogens is 1. The predicted molar refractivity (Wildman–Crippen MR) is 112 cm³/mol. The molecule has 2 aromatic rings. The Balaban J connectivity index is 0.00000364. The lowest BCUT2D eigenvalue weighted by molar-refractivity contribution is -0.135. The van der Waals surface area contributed by atoms with Crippen molar-refractivity contribution < 1.29 is 9.59 Å². The number of aryl methyl sites for hydroxylation is 1. The lowest BCUT2D eigenvalue weighted by Gasteiger charge is -2.23. The molecule has 1 atom stereocenters. The molecule has 0 radical (unpaired) electrons. The molecule has 2 aromatic carbocycles. The van der Waals surface area contributed by atoms with Gasteiger partial charge in [0.2, 0.25) is 11.8 Å². The molecule has 3 N–H and O–H groups in total. The molecule has 0 spiro atoms. The van der Waals surface area contributed by atoms with Crippen LogP contribution < -0.4 is 11.1 Å². The van der Waals surface area contributed by atoms with Gasteiger partial charge < -0.3 is 16.0 Å². The first kappa shape index (κ1) is 22.7. The minimum atomic E-state index is -0.373. The van der Waals surface area contributed by atoms with Gasteiger partial charge in [-0.2, -0.15) is 0 Å². The highest BCUT2D eigenvalue weighted by atomic mass is 35.5. The molecule has 0 saturated heterocycles. The molecule has 0 aliphatic carbocycles. The standard InChI is InChI=1S/C21H27N3O2.ClH/c1-3-13-24(15-20(25)23-19-12-8-7-9-16(19)2)21(26)14-18(22)17-10-5-4-6-11-17;/h4-12,18H,3,13-15,22H2,1-2H3,(H,23,25);1H. The van der Waals surface area contributed by atoms with E-state index < -0.39 is 0 Å². The summed E-state index contributed by atoms with van der Waals surface area (Å²) >= 11 is 0. The quantitative estimate of drug-likeness (QED) is 0.723. The van der Waals surface area contributed by atoms with E-state index in [0.717, 1.165) is 23.2 Å². The number of hydrogen-bond acceptors (Lipinski definition) is 3. The smallest absolute Gasteiger partial charge is 0.244 e. The molecule has 27 heavy (non-hydrogen) atoms. The maximum atomic E-state index is 12.6. The Kier molecular flexibility index (Phi) is 9.54. The van der Waals surface area contributed by atoms with Gasteiger partial charge in [0.15, 0.2) is 0 Å². The Morgan fingerprint density at radius 2 is 1.70 bits per heavy atom. The van der Waals surface area contributed by atoms with Crippen molar-refractivity contribution in [2.24, 2.45) is 5.73 Å². The number of nitrogens with one attached hydrogen (secondary N) is 1. The van der Waals surface area contributed by atoms with Crippen LogP contribution in [0.1, 0.15) is 36.9 Å². The second-order valence-corrected chi connectivity index (χ2v) is 6.40. The highest BCUT2D eigenvalue weighted by Gasteiger charge is 2.20. The zero-order valence-electron chi connectivity index (χ0n) is 15.9. The number of nitrogens with zero attached hydrogens (tertiary/aromatic N) is 1. The third-order valence-electron chi connectivity index (χ3n) is 4.22. The normalized spacial score (nSPS) is 11.2. The molecule has 2 amide bonds. The zero-order chi connectivity index (χ0) is 18.9. The molecule has 2 rings (SSSR count). The first-order valence-corrected chi connectivity index (χ1v) is 8.95. The van der Waals surface area contributed by atoms with Crippen LogP contribution in [0.25, 0.3) is 0 Å². The molecule has 0 fully saturated rings. The number of carbonyl (C=O) groups is 2. The van der Waals surface area contributed by atoms with Crippen LogP contribution in [-0.2, 0) is 9.59 Å². The summed E-state index contributed by atoms with van der Waals surface area (Å²) in [5, 5.41) is 2.87. The Bertz CT molecular complexity index is 737. The highest BCUT2D eigenvalue weighted by molar-refractivity contribution is 5.95. The van der Waals surface area contributed by atoms with Crippen molar-refractivity contribution in [1.29, 1.82) is 0 Å². The van der Waals surface area contributed by atoms with Gasteiger partial charge in [0.25, 0.3) is 0 Å². The van der Waals surface area contributed by atoms with Crippen molar-refractivity contribution in [2.45, 2.75) is 32.7 Å². The highest BCUT2D eigenvalue weighted by Crippen LogP contribution is 2.16. The SMILES string of the molecule is CCCN(CC(=O)Nc1ccccc1C)C(=O)CC(N)c1ccccc1.Cl. The fourth-order valence-electron chi connectivity index (χ4n) is 2.77. The van der Waals surface area contributed by atoms with E-state index in [-0.39, 0.29) is 43.2 Å². The molecule has 0 aliphatic rings. The van der Waals surface area contributed by atoms with Gasteiger partial charge in [-0.15, -0.1) is 12.4 Å². The van der Waals surface area contributed by atoms with Gasteiger partial charge in [0.05, 0.1) is 6.54 Å². The van der Waals surface area contributed by atoms with E-state index in [0.29, 0.717) is 6.54 Å². The van der Waals surface area contributed by atoms with Gasteiger partial charge in [0.1, 0.15) is 0 Å². The van der Waals surface area contributed by atoms with Crippen molar-refractivity contribution in [3.63, 3.8) is 0 Å². The van der Waals surface area contributed by atoms with Crippen LogP contribution in [-0.4, -0.2) is 29.8 Å². The summed E-state index contributed by atoms with van der Waals surface area (Å²) in [6.45, 7) is 4.48. The van der Waals surface area contributed by atoms with E-state index in [2.05, 4.69) is 5.32 Å². The van der Waals surface area contributed by atoms with Crippen LogP contribution in [0.5, 0.6) is 0 Å². The van der Waals surface area contributed by atoms with Gasteiger partial charge in [-0.1, -0.05) is 55.5 Å². The molecule has 6 heteroatoms. The van der Waals surface area contributed by atoms with E-state index in [9.17, 15) is 9.59 Å². The van der Waals surface area contributed by atoms with Crippen LogP contribution in [0.15, 0.2) is 54.6 Å². The number of nitrogens with two attached hydrogens (primary N) is 1. The fraction of sp³-hybridized carbons (Fsp3) is 0.333. The Morgan fingerprint density at radius 1 is 1.07 bits per heavy atom. The first-order chi connectivity index (χ1) is 12.5. The molecule has 1 unspecified atom stereocenters. The van der Waals surface area contributed by atoms with Gasteiger partial charge in [-0.25, -0.2) is 0 Å². The van der Waals surface area contributed by atoms with Crippen molar-refractivity contribution in [3.8, 4) is 0 Å². The maximum absolute atomic E-state index is 12.6. The van der Waals surface area contributed by atoms with Gasteiger partial charge in [-0.05, 0) is 30.5 Å².